The summed E-state index contributed by atoms with van der Waals surface area (Å²) in [5.41, 5.74) is 2.50. The summed E-state index contributed by atoms with van der Waals surface area (Å²) in [6, 6.07) is 0. The van der Waals surface area contributed by atoms with Crippen LogP contribution < -0.4 is 0 Å². The van der Waals surface area contributed by atoms with Gasteiger partial charge in [-0.1, -0.05) is 80.2 Å². The minimum absolute atomic E-state index is 0.0867. The van der Waals surface area contributed by atoms with Crippen LogP contribution in [0.15, 0.2) is 11.1 Å². The molecule has 4 aliphatic carbocycles. The van der Waals surface area contributed by atoms with Crippen LogP contribution in [0.1, 0.15) is 120 Å². The fraction of sp³-hybridized carbons (Fsp3) is 0.867. The molecule has 0 N–H and O–H groups in total. The van der Waals surface area contributed by atoms with Crippen molar-refractivity contribution in [2.24, 2.45) is 45.3 Å². The van der Waals surface area contributed by atoms with E-state index < -0.39 is 0 Å². The van der Waals surface area contributed by atoms with Crippen LogP contribution in [0.5, 0.6) is 0 Å². The van der Waals surface area contributed by atoms with E-state index in [4.69, 9.17) is 0 Å². The van der Waals surface area contributed by atoms with E-state index in [9.17, 15) is 9.59 Å². The van der Waals surface area contributed by atoms with Gasteiger partial charge in [-0.15, -0.1) is 0 Å². The average Bonchev–Trinajstić information content (AvgIpc) is 2.96. The highest BCUT2D eigenvalue weighted by atomic mass is 16.1. The van der Waals surface area contributed by atoms with Gasteiger partial charge in [0, 0.05) is 29.2 Å². The van der Waals surface area contributed by atoms with Crippen LogP contribution >= 0.6 is 0 Å². The largest absolute Gasteiger partial charge is 0.299 e. The van der Waals surface area contributed by atoms with Gasteiger partial charge in [0.2, 0.25) is 0 Å². The summed E-state index contributed by atoms with van der Waals surface area (Å²) in [5.74, 6) is 3.25. The van der Waals surface area contributed by atoms with Gasteiger partial charge in [0.25, 0.3) is 0 Å². The molecule has 0 heterocycles. The summed E-state index contributed by atoms with van der Waals surface area (Å²) >= 11 is 0. The number of hydrogen-bond acceptors (Lipinski definition) is 2. The maximum absolute atomic E-state index is 14.0. The second-order valence-corrected chi connectivity index (χ2v) is 13.8. The third kappa shape index (κ3) is 3.24. The van der Waals surface area contributed by atoms with Crippen molar-refractivity contribution >= 4 is 11.6 Å². The summed E-state index contributed by atoms with van der Waals surface area (Å²) in [4.78, 5) is 26.8. The first-order valence-electron chi connectivity index (χ1n) is 13.6. The first kappa shape index (κ1) is 24.2. The van der Waals surface area contributed by atoms with Crippen molar-refractivity contribution in [3.05, 3.63) is 11.1 Å². The van der Waals surface area contributed by atoms with E-state index in [1.807, 2.05) is 0 Å². The third-order valence-corrected chi connectivity index (χ3v) is 11.4. The number of carbonyl (C=O) groups excluding carboxylic acids is 2. The van der Waals surface area contributed by atoms with Gasteiger partial charge < -0.3 is 0 Å². The number of rotatable bonds is 5. The lowest BCUT2D eigenvalue weighted by atomic mass is 9.43. The minimum atomic E-state index is -0.309. The van der Waals surface area contributed by atoms with Gasteiger partial charge in [-0.3, -0.25) is 9.59 Å². The van der Waals surface area contributed by atoms with Crippen molar-refractivity contribution in [2.45, 2.75) is 120 Å². The Morgan fingerprint density at radius 1 is 0.906 bits per heavy atom. The highest BCUT2D eigenvalue weighted by Gasteiger charge is 2.65. The van der Waals surface area contributed by atoms with Crippen LogP contribution in [0.4, 0.5) is 0 Å². The zero-order valence-corrected chi connectivity index (χ0v) is 22.2. The predicted octanol–water partition coefficient (Wildman–Crippen LogP) is 7.95. The van der Waals surface area contributed by atoms with Crippen LogP contribution in [0.3, 0.4) is 0 Å². The molecular formula is C30H48O2. The van der Waals surface area contributed by atoms with Gasteiger partial charge >= 0.3 is 0 Å². The van der Waals surface area contributed by atoms with Crippen molar-refractivity contribution in [1.82, 2.24) is 0 Å². The molecule has 6 atom stereocenters. The van der Waals surface area contributed by atoms with Crippen LogP contribution in [0.25, 0.3) is 0 Å². The van der Waals surface area contributed by atoms with E-state index in [1.165, 1.54) is 43.3 Å². The van der Waals surface area contributed by atoms with Crippen LogP contribution in [0.2, 0.25) is 0 Å². The number of fused-ring (bicyclic) bond motifs is 4. The molecule has 4 rings (SSSR count). The molecule has 6 unspecified atom stereocenters. The summed E-state index contributed by atoms with van der Waals surface area (Å²) in [5, 5.41) is 0. The Bertz CT molecular complexity index is 832. The van der Waals surface area contributed by atoms with E-state index in [0.29, 0.717) is 35.7 Å². The molecule has 0 aromatic rings. The van der Waals surface area contributed by atoms with E-state index in [2.05, 4.69) is 55.4 Å². The fourth-order valence-electron chi connectivity index (χ4n) is 9.30. The number of carbonyl (C=O) groups is 2. The highest BCUT2D eigenvalue weighted by molar-refractivity contribution is 6.00. The zero-order valence-electron chi connectivity index (χ0n) is 22.2. The Hall–Kier alpha value is -0.920. The number of ketones is 2. The molecule has 4 aliphatic rings. The SMILES string of the molecule is CC(C)CCCC(C)C1CCC2(C)C3=C(C(=O)CC12C)C1(C)CCC(=O)C(C)(C)C1CC3. The van der Waals surface area contributed by atoms with Crippen molar-refractivity contribution in [2.75, 3.05) is 0 Å². The molecule has 2 fully saturated rings. The van der Waals surface area contributed by atoms with Gasteiger partial charge in [-0.2, -0.15) is 0 Å². The molecule has 0 spiro atoms. The lowest BCUT2D eigenvalue weighted by molar-refractivity contribution is -0.142. The first-order valence-corrected chi connectivity index (χ1v) is 13.6. The normalized spacial score (nSPS) is 42.0. The highest BCUT2D eigenvalue weighted by Crippen LogP contribution is 2.71. The molecule has 0 radical (unpaired) electrons. The third-order valence-electron chi connectivity index (χ3n) is 11.4. The molecular weight excluding hydrogens is 392 g/mol. The predicted molar refractivity (Wildman–Crippen MR) is 132 cm³/mol. The smallest absolute Gasteiger partial charge is 0.159 e. The Kier molecular flexibility index (Phi) is 5.91. The molecule has 32 heavy (non-hydrogen) atoms. The molecule has 0 aromatic heterocycles. The summed E-state index contributed by atoms with van der Waals surface area (Å²) in [6.45, 7) is 18.7. The molecule has 180 valence electrons. The standard InChI is InChI=1S/C30H48O2/c1-19(2)10-9-11-20(3)21-14-17-29(7)22-12-13-24-27(4,5)25(32)15-16-28(24,6)26(22)23(31)18-30(21,29)8/h19-21,24H,9-18H2,1-8H3. The minimum Gasteiger partial charge on any atom is -0.299 e. The summed E-state index contributed by atoms with van der Waals surface area (Å²) < 4.78 is 0. The maximum Gasteiger partial charge on any atom is 0.159 e. The molecule has 2 nitrogen and oxygen atoms in total. The topological polar surface area (TPSA) is 34.1 Å². The molecule has 0 saturated heterocycles. The lowest BCUT2D eigenvalue weighted by Crippen LogP contribution is -2.56. The second kappa shape index (κ2) is 7.81. The maximum atomic E-state index is 14.0. The Labute approximate surface area is 197 Å². The van der Waals surface area contributed by atoms with Crippen molar-refractivity contribution in [3.8, 4) is 0 Å². The average molecular weight is 441 g/mol. The van der Waals surface area contributed by atoms with Crippen molar-refractivity contribution < 1.29 is 9.59 Å². The summed E-state index contributed by atoms with van der Waals surface area (Å²) in [7, 11) is 0. The van der Waals surface area contributed by atoms with E-state index in [-0.39, 0.29) is 21.7 Å². The first-order chi connectivity index (χ1) is 14.8. The fourth-order valence-corrected chi connectivity index (χ4v) is 9.30. The Morgan fingerprint density at radius 2 is 1.59 bits per heavy atom. The molecule has 2 heteroatoms. The van der Waals surface area contributed by atoms with Gasteiger partial charge in [0.15, 0.2) is 5.78 Å². The van der Waals surface area contributed by atoms with Crippen molar-refractivity contribution in [3.63, 3.8) is 0 Å². The van der Waals surface area contributed by atoms with Gasteiger partial charge in [0.05, 0.1) is 0 Å². The number of Topliss-reactive ketones (excluding diaryl/α,β-unsaturated/α-hetero) is 2. The second-order valence-electron chi connectivity index (χ2n) is 13.8. The zero-order chi connectivity index (χ0) is 23.7. The Morgan fingerprint density at radius 3 is 2.25 bits per heavy atom. The number of allylic oxidation sites excluding steroid dienone is 2. The summed E-state index contributed by atoms with van der Waals surface area (Å²) in [6.07, 6.45) is 10.7. The van der Waals surface area contributed by atoms with E-state index in [0.717, 1.165) is 31.6 Å². The number of hydrogen-bond donors (Lipinski definition) is 0. The van der Waals surface area contributed by atoms with Crippen molar-refractivity contribution in [1.29, 1.82) is 0 Å². The molecule has 0 aromatic carbocycles. The quantitative estimate of drug-likeness (QED) is 0.434. The van der Waals surface area contributed by atoms with Gasteiger partial charge in [-0.25, -0.2) is 0 Å². The van der Waals surface area contributed by atoms with Gasteiger partial charge in [-0.05, 0) is 66.6 Å². The van der Waals surface area contributed by atoms with Crippen LogP contribution in [-0.4, -0.2) is 11.6 Å². The van der Waals surface area contributed by atoms with Gasteiger partial charge in [0.1, 0.15) is 5.78 Å². The molecule has 0 aliphatic heterocycles. The molecule has 0 bridgehead atoms. The van der Waals surface area contributed by atoms with E-state index >= 15 is 0 Å². The molecule has 2 saturated carbocycles. The van der Waals surface area contributed by atoms with E-state index in [1.54, 1.807) is 0 Å². The lowest BCUT2D eigenvalue weighted by Gasteiger charge is -2.60. The molecule has 0 amide bonds. The monoisotopic (exact) mass is 440 g/mol. The Balaban J connectivity index is 1.69. The van der Waals surface area contributed by atoms with Crippen LogP contribution in [0, 0.1) is 45.3 Å². The van der Waals surface area contributed by atoms with Crippen LogP contribution in [-0.2, 0) is 9.59 Å².